The maximum atomic E-state index is 8.99. The molecular weight excluding hydrogens is 171 g/mol. The van der Waals surface area contributed by atoms with Gasteiger partial charge in [0.15, 0.2) is 0 Å². The van der Waals surface area contributed by atoms with E-state index in [4.69, 9.17) is 20.2 Å². The van der Waals surface area contributed by atoms with Crippen molar-refractivity contribution >= 4 is 7.32 Å². The summed E-state index contributed by atoms with van der Waals surface area (Å²) in [6.07, 6.45) is 0. The lowest BCUT2D eigenvalue weighted by Gasteiger charge is -1.95. The van der Waals surface area contributed by atoms with Crippen LogP contribution in [0.1, 0.15) is 11.1 Å². The van der Waals surface area contributed by atoms with Crippen molar-refractivity contribution in [2.75, 3.05) is 0 Å². The molecule has 0 aliphatic rings. The summed E-state index contributed by atoms with van der Waals surface area (Å²) in [5.41, 5.74) is 2.21. The van der Waals surface area contributed by atoms with E-state index < -0.39 is 7.32 Å². The average Bonchev–Trinajstić information content (AvgIpc) is 1.80. The zero-order valence-corrected chi connectivity index (χ0v) is 7.60. The second-order valence-electron chi connectivity index (χ2n) is 2.69. The molecule has 1 aromatic rings. The van der Waals surface area contributed by atoms with E-state index in [1.807, 2.05) is 19.9 Å². The minimum absolute atomic E-state index is 0.354. The summed E-state index contributed by atoms with van der Waals surface area (Å²) in [5, 5.41) is 30.5. The molecule has 1 rings (SSSR count). The van der Waals surface area contributed by atoms with Crippen LogP contribution in [0.2, 0.25) is 0 Å². The molecule has 0 aliphatic heterocycles. The van der Waals surface area contributed by atoms with Crippen LogP contribution in [-0.2, 0) is 0 Å². The van der Waals surface area contributed by atoms with Crippen LogP contribution in [0, 0.1) is 13.8 Å². The van der Waals surface area contributed by atoms with E-state index in [0.29, 0.717) is 5.75 Å². The molecule has 0 fully saturated rings. The van der Waals surface area contributed by atoms with Gasteiger partial charge in [0.1, 0.15) is 5.75 Å². The van der Waals surface area contributed by atoms with Crippen LogP contribution in [0.3, 0.4) is 0 Å². The van der Waals surface area contributed by atoms with E-state index in [2.05, 4.69) is 0 Å². The lowest BCUT2D eigenvalue weighted by atomic mass is 10.1. The molecule has 0 aliphatic carbocycles. The maximum absolute atomic E-state index is 8.99. The second kappa shape index (κ2) is 5.58. The lowest BCUT2D eigenvalue weighted by Crippen LogP contribution is -2.07. The third-order valence-corrected chi connectivity index (χ3v) is 1.21. The molecule has 0 bridgehead atoms. The van der Waals surface area contributed by atoms with Crippen molar-refractivity contribution in [3.63, 3.8) is 0 Å². The van der Waals surface area contributed by atoms with E-state index in [1.165, 1.54) is 0 Å². The fourth-order valence-corrected chi connectivity index (χ4v) is 0.951. The minimum Gasteiger partial charge on any atom is -0.508 e. The highest BCUT2D eigenvalue weighted by atomic mass is 16.5. The van der Waals surface area contributed by atoms with E-state index in [1.54, 1.807) is 12.1 Å². The molecule has 5 heteroatoms. The Hall–Kier alpha value is -1.04. The van der Waals surface area contributed by atoms with Crippen molar-refractivity contribution in [3.8, 4) is 5.75 Å². The van der Waals surface area contributed by atoms with Gasteiger partial charge in [-0.3, -0.25) is 0 Å². The molecular formula is C8H13BO4. The van der Waals surface area contributed by atoms with Gasteiger partial charge in [-0.05, 0) is 37.1 Å². The Morgan fingerprint density at radius 2 is 1.23 bits per heavy atom. The van der Waals surface area contributed by atoms with Gasteiger partial charge >= 0.3 is 7.32 Å². The summed E-state index contributed by atoms with van der Waals surface area (Å²) in [6.45, 7) is 3.93. The van der Waals surface area contributed by atoms with E-state index in [-0.39, 0.29) is 0 Å². The quantitative estimate of drug-likeness (QED) is 0.426. The summed E-state index contributed by atoms with van der Waals surface area (Å²) < 4.78 is 0. The molecule has 0 amide bonds. The van der Waals surface area contributed by atoms with Crippen LogP contribution in [0.5, 0.6) is 5.75 Å². The highest BCUT2D eigenvalue weighted by molar-refractivity contribution is 6.30. The third kappa shape index (κ3) is 7.33. The fourth-order valence-electron chi connectivity index (χ4n) is 0.951. The Kier molecular flexibility index (Phi) is 5.14. The number of hydrogen-bond acceptors (Lipinski definition) is 4. The second-order valence-corrected chi connectivity index (χ2v) is 2.69. The number of aromatic hydroxyl groups is 1. The topological polar surface area (TPSA) is 80.9 Å². The summed E-state index contributed by atoms with van der Waals surface area (Å²) in [4.78, 5) is 0. The van der Waals surface area contributed by atoms with Gasteiger partial charge in [0.05, 0.1) is 0 Å². The van der Waals surface area contributed by atoms with E-state index in [9.17, 15) is 0 Å². The molecule has 0 atom stereocenters. The highest BCUT2D eigenvalue weighted by Gasteiger charge is 1.92. The minimum atomic E-state index is -2.17. The first-order valence-corrected chi connectivity index (χ1v) is 3.73. The third-order valence-electron chi connectivity index (χ3n) is 1.21. The summed E-state index contributed by atoms with van der Waals surface area (Å²) >= 11 is 0. The van der Waals surface area contributed by atoms with Crippen LogP contribution >= 0.6 is 0 Å². The van der Waals surface area contributed by atoms with Crippen molar-refractivity contribution in [1.82, 2.24) is 0 Å². The predicted molar refractivity (Wildman–Crippen MR) is 50.0 cm³/mol. The smallest absolute Gasteiger partial charge is 0.508 e. The Bertz CT molecular complexity index is 209. The van der Waals surface area contributed by atoms with Gasteiger partial charge in [-0.2, -0.15) is 0 Å². The molecule has 0 unspecified atom stereocenters. The molecule has 0 heterocycles. The van der Waals surface area contributed by atoms with Crippen LogP contribution in [-0.4, -0.2) is 27.5 Å². The maximum Gasteiger partial charge on any atom is 0.631 e. The number of benzene rings is 1. The van der Waals surface area contributed by atoms with Gasteiger partial charge in [0.2, 0.25) is 0 Å². The van der Waals surface area contributed by atoms with Crippen molar-refractivity contribution in [2.45, 2.75) is 13.8 Å². The van der Waals surface area contributed by atoms with Gasteiger partial charge in [-0.15, -0.1) is 0 Å². The first-order valence-electron chi connectivity index (χ1n) is 3.73. The highest BCUT2D eigenvalue weighted by Crippen LogP contribution is 2.13. The van der Waals surface area contributed by atoms with Crippen molar-refractivity contribution in [1.29, 1.82) is 0 Å². The standard InChI is InChI=1S/C8H10O.BH3O3/c1-6-3-7(2)5-8(9)4-6;2-1(3)4/h3-5,9H,1-2H3;2-4H. The van der Waals surface area contributed by atoms with Crippen LogP contribution < -0.4 is 0 Å². The van der Waals surface area contributed by atoms with Crippen LogP contribution in [0.4, 0.5) is 0 Å². The fraction of sp³-hybridized carbons (Fsp3) is 0.250. The van der Waals surface area contributed by atoms with Crippen molar-refractivity contribution < 1.29 is 20.2 Å². The number of rotatable bonds is 0. The van der Waals surface area contributed by atoms with Crippen LogP contribution in [0.25, 0.3) is 0 Å². The van der Waals surface area contributed by atoms with Gasteiger partial charge in [-0.1, -0.05) is 6.07 Å². The van der Waals surface area contributed by atoms with Crippen molar-refractivity contribution in [3.05, 3.63) is 29.3 Å². The molecule has 13 heavy (non-hydrogen) atoms. The monoisotopic (exact) mass is 184 g/mol. The normalized spacial score (nSPS) is 8.69. The van der Waals surface area contributed by atoms with Gasteiger partial charge in [-0.25, -0.2) is 0 Å². The lowest BCUT2D eigenvalue weighted by molar-refractivity contribution is 0.278. The van der Waals surface area contributed by atoms with E-state index >= 15 is 0 Å². The zero-order valence-electron chi connectivity index (χ0n) is 7.60. The Balaban J connectivity index is 0.000000310. The first kappa shape index (κ1) is 12.0. The molecule has 0 spiro atoms. The largest absolute Gasteiger partial charge is 0.631 e. The number of aryl methyl sites for hydroxylation is 2. The average molecular weight is 184 g/mol. The van der Waals surface area contributed by atoms with Crippen molar-refractivity contribution in [2.24, 2.45) is 0 Å². The number of phenols is 1. The zero-order chi connectivity index (χ0) is 10.4. The van der Waals surface area contributed by atoms with Gasteiger partial charge in [0, 0.05) is 0 Å². The Labute approximate surface area is 77.3 Å². The molecule has 0 saturated heterocycles. The molecule has 0 aromatic heterocycles. The molecule has 0 radical (unpaired) electrons. The van der Waals surface area contributed by atoms with Gasteiger partial charge < -0.3 is 20.2 Å². The Morgan fingerprint density at radius 1 is 0.923 bits per heavy atom. The molecule has 1 aromatic carbocycles. The SMILES string of the molecule is Cc1cc(C)cc(O)c1.OB(O)O. The molecule has 72 valence electrons. The summed E-state index contributed by atoms with van der Waals surface area (Å²) in [7, 11) is -2.17. The van der Waals surface area contributed by atoms with Crippen LogP contribution in [0.15, 0.2) is 18.2 Å². The number of hydrogen-bond donors (Lipinski definition) is 4. The Morgan fingerprint density at radius 3 is 1.46 bits per heavy atom. The van der Waals surface area contributed by atoms with Gasteiger partial charge in [0.25, 0.3) is 0 Å². The molecule has 4 nitrogen and oxygen atoms in total. The predicted octanol–water partition coefficient (Wildman–Crippen LogP) is -0.0428. The number of phenolic OH excluding ortho intramolecular Hbond substituents is 1. The summed E-state index contributed by atoms with van der Waals surface area (Å²) in [6, 6.07) is 5.51. The van der Waals surface area contributed by atoms with E-state index in [0.717, 1.165) is 11.1 Å². The molecule has 4 N–H and O–H groups in total. The summed E-state index contributed by atoms with van der Waals surface area (Å²) in [5.74, 6) is 0.354. The molecule has 0 saturated carbocycles. The first-order chi connectivity index (χ1) is 5.91.